The molecule has 11 heteroatoms. The molecule has 5 heterocycles. The van der Waals surface area contributed by atoms with Crippen molar-refractivity contribution in [2.75, 3.05) is 36.5 Å². The summed E-state index contributed by atoms with van der Waals surface area (Å²) in [6.45, 7) is 11.2. The van der Waals surface area contributed by atoms with Gasteiger partial charge in [0.15, 0.2) is 5.82 Å². The molecule has 1 aromatic carbocycles. The van der Waals surface area contributed by atoms with Crippen molar-refractivity contribution in [3.63, 3.8) is 0 Å². The number of benzene rings is 1. The van der Waals surface area contributed by atoms with Crippen LogP contribution in [0.1, 0.15) is 50.1 Å². The lowest BCUT2D eigenvalue weighted by atomic mass is 9.77. The van der Waals surface area contributed by atoms with Gasteiger partial charge in [-0.3, -0.25) is 9.48 Å². The molecule has 2 saturated heterocycles. The number of carbonyl (C=O) groups excluding carboxylic acids is 1. The molecule has 0 atom stereocenters. The summed E-state index contributed by atoms with van der Waals surface area (Å²) in [6.07, 6.45) is 5.34. The molecule has 4 aromatic rings. The van der Waals surface area contributed by atoms with E-state index in [9.17, 15) is 4.79 Å². The van der Waals surface area contributed by atoms with Crippen LogP contribution in [0, 0.1) is 11.2 Å². The SMILES string of the molecule is CC(C)n1cc(-c2cc(C(=O)Nc3cccc(-c4nncn4C(C)C)n3)c(F)cc2N2CC3(COC3)C2)cn1. The molecule has 0 saturated carbocycles. The highest BCUT2D eigenvalue weighted by Gasteiger charge is 2.49. The third-order valence-electron chi connectivity index (χ3n) is 7.33. The molecule has 2 fully saturated rings. The van der Waals surface area contributed by atoms with E-state index < -0.39 is 11.7 Å². The third-order valence-corrected chi connectivity index (χ3v) is 7.33. The Morgan fingerprint density at radius 3 is 2.59 bits per heavy atom. The maximum atomic E-state index is 15.5. The van der Waals surface area contributed by atoms with Crippen LogP contribution in [0.4, 0.5) is 15.9 Å². The van der Waals surface area contributed by atoms with Crippen molar-refractivity contribution >= 4 is 17.4 Å². The lowest BCUT2D eigenvalue weighted by Gasteiger charge is -2.56. The lowest BCUT2D eigenvalue weighted by molar-refractivity contribution is -0.127. The van der Waals surface area contributed by atoms with Crippen LogP contribution >= 0.6 is 0 Å². The summed E-state index contributed by atoms with van der Waals surface area (Å²) in [6, 6.07) is 8.61. The van der Waals surface area contributed by atoms with Crippen LogP contribution < -0.4 is 10.2 Å². The van der Waals surface area contributed by atoms with Crippen LogP contribution in [0.15, 0.2) is 49.1 Å². The van der Waals surface area contributed by atoms with Gasteiger partial charge in [-0.15, -0.1) is 10.2 Å². The monoisotopic (exact) mass is 530 g/mol. The van der Waals surface area contributed by atoms with Gasteiger partial charge in [0.25, 0.3) is 5.91 Å². The Morgan fingerprint density at radius 1 is 1.13 bits per heavy atom. The van der Waals surface area contributed by atoms with Crippen LogP contribution in [0.5, 0.6) is 0 Å². The van der Waals surface area contributed by atoms with Gasteiger partial charge in [0.05, 0.1) is 30.4 Å². The summed E-state index contributed by atoms with van der Waals surface area (Å²) >= 11 is 0. The molecule has 1 N–H and O–H groups in total. The van der Waals surface area contributed by atoms with Crippen molar-refractivity contribution in [3.05, 3.63) is 60.4 Å². The Balaban J connectivity index is 1.32. The number of carbonyl (C=O) groups is 1. The average molecular weight is 531 g/mol. The van der Waals surface area contributed by atoms with Crippen molar-refractivity contribution < 1.29 is 13.9 Å². The summed E-state index contributed by atoms with van der Waals surface area (Å²) in [7, 11) is 0. The molecule has 2 aliphatic rings. The predicted molar refractivity (Wildman–Crippen MR) is 145 cm³/mol. The smallest absolute Gasteiger partial charge is 0.259 e. The van der Waals surface area contributed by atoms with Crippen LogP contribution in [-0.4, -0.2) is 61.7 Å². The van der Waals surface area contributed by atoms with Crippen LogP contribution in [-0.2, 0) is 4.74 Å². The summed E-state index contributed by atoms with van der Waals surface area (Å²) in [5.41, 5.74) is 2.98. The largest absolute Gasteiger partial charge is 0.380 e. The molecular weight excluding hydrogens is 499 g/mol. The number of anilines is 2. The Morgan fingerprint density at radius 2 is 1.92 bits per heavy atom. The molecular formula is C28H31FN8O2. The van der Waals surface area contributed by atoms with Gasteiger partial charge in [-0.05, 0) is 52.0 Å². The Kier molecular flexibility index (Phi) is 6.17. The van der Waals surface area contributed by atoms with E-state index in [4.69, 9.17) is 4.74 Å². The predicted octanol–water partition coefficient (Wildman–Crippen LogP) is 4.59. The van der Waals surface area contributed by atoms with E-state index in [1.54, 1.807) is 36.8 Å². The number of rotatable bonds is 7. The van der Waals surface area contributed by atoms with E-state index in [0.717, 1.165) is 43.1 Å². The summed E-state index contributed by atoms with van der Waals surface area (Å²) in [4.78, 5) is 20.0. The molecule has 3 aromatic heterocycles. The number of nitrogens with one attached hydrogen (secondary N) is 1. The van der Waals surface area contributed by atoms with Gasteiger partial charge >= 0.3 is 0 Å². The first-order valence-electron chi connectivity index (χ1n) is 13.1. The number of halogens is 1. The molecule has 1 amide bonds. The van der Waals surface area contributed by atoms with Gasteiger partial charge in [0.2, 0.25) is 0 Å². The Hall–Kier alpha value is -4.12. The molecule has 6 rings (SSSR count). The van der Waals surface area contributed by atoms with Gasteiger partial charge in [-0.25, -0.2) is 9.37 Å². The number of pyridine rings is 1. The van der Waals surface area contributed by atoms with E-state index in [-0.39, 0.29) is 23.1 Å². The van der Waals surface area contributed by atoms with Crippen molar-refractivity contribution in [3.8, 4) is 22.6 Å². The summed E-state index contributed by atoms with van der Waals surface area (Å²) in [5.74, 6) is -0.295. The molecule has 0 bridgehead atoms. The fraction of sp³-hybridized carbons (Fsp3) is 0.393. The van der Waals surface area contributed by atoms with Crippen LogP contribution in [0.3, 0.4) is 0 Å². The number of nitrogens with zero attached hydrogens (tertiary/aromatic N) is 7. The first-order chi connectivity index (χ1) is 18.7. The van der Waals surface area contributed by atoms with Gasteiger partial charge in [-0.2, -0.15) is 5.10 Å². The highest BCUT2D eigenvalue weighted by Crippen LogP contribution is 2.44. The molecule has 0 unspecified atom stereocenters. The van der Waals surface area contributed by atoms with Crippen molar-refractivity contribution in [2.45, 2.75) is 39.8 Å². The van der Waals surface area contributed by atoms with Gasteiger partial charge < -0.3 is 19.5 Å². The first-order valence-corrected chi connectivity index (χ1v) is 13.1. The van der Waals surface area contributed by atoms with Gasteiger partial charge in [0, 0.05) is 48.2 Å². The lowest BCUT2D eigenvalue weighted by Crippen LogP contribution is -2.66. The second kappa shape index (κ2) is 9.57. The van der Waals surface area contributed by atoms with Gasteiger partial charge in [-0.1, -0.05) is 6.07 Å². The summed E-state index contributed by atoms with van der Waals surface area (Å²) in [5, 5.41) is 15.4. The molecule has 0 radical (unpaired) electrons. The van der Waals surface area contributed by atoms with E-state index >= 15 is 4.39 Å². The fourth-order valence-electron chi connectivity index (χ4n) is 5.11. The normalized spacial score (nSPS) is 16.0. The van der Waals surface area contributed by atoms with E-state index in [1.807, 2.05) is 43.1 Å². The Labute approximate surface area is 225 Å². The van der Waals surface area contributed by atoms with Crippen LogP contribution in [0.25, 0.3) is 22.6 Å². The zero-order chi connectivity index (χ0) is 27.3. The molecule has 39 heavy (non-hydrogen) atoms. The number of amides is 1. The molecule has 1 spiro atoms. The summed E-state index contributed by atoms with van der Waals surface area (Å²) < 4.78 is 24.7. The van der Waals surface area contributed by atoms with E-state index in [2.05, 4.69) is 30.5 Å². The van der Waals surface area contributed by atoms with Crippen LogP contribution in [0.2, 0.25) is 0 Å². The number of hydrogen-bond acceptors (Lipinski definition) is 7. The number of ether oxygens (including phenoxy) is 1. The quantitative estimate of drug-likeness (QED) is 0.373. The molecule has 2 aliphatic heterocycles. The zero-order valence-corrected chi connectivity index (χ0v) is 22.4. The topological polar surface area (TPSA) is 103 Å². The van der Waals surface area contributed by atoms with Crippen molar-refractivity contribution in [1.29, 1.82) is 0 Å². The highest BCUT2D eigenvalue weighted by molar-refractivity contribution is 6.05. The molecule has 0 aliphatic carbocycles. The van der Waals surface area contributed by atoms with E-state index in [1.165, 1.54) is 6.07 Å². The van der Waals surface area contributed by atoms with Gasteiger partial charge in [0.1, 0.15) is 23.7 Å². The third kappa shape index (κ3) is 4.56. The number of aromatic nitrogens is 6. The molecule has 202 valence electrons. The maximum Gasteiger partial charge on any atom is 0.259 e. The van der Waals surface area contributed by atoms with Crippen molar-refractivity contribution in [2.24, 2.45) is 5.41 Å². The minimum Gasteiger partial charge on any atom is -0.380 e. The van der Waals surface area contributed by atoms with E-state index in [0.29, 0.717) is 17.3 Å². The number of hydrogen-bond donors (Lipinski definition) is 1. The Bertz CT molecular complexity index is 1530. The minimum atomic E-state index is -0.594. The fourth-order valence-corrected chi connectivity index (χ4v) is 5.11. The average Bonchev–Trinajstić information content (AvgIpc) is 3.53. The minimum absolute atomic E-state index is 0.0641. The standard InChI is InChI=1S/C28H31FN8O2/c1-17(2)36-16-30-34-26(36)23-6-5-7-25(32-23)33-27(38)21-8-20(19-10-31-37(11-19)18(3)4)24(9-22(21)29)35-12-28(13-35)14-39-15-28/h5-11,16-18H,12-15H2,1-4H3,(H,32,33,38). The first kappa shape index (κ1) is 25.2. The zero-order valence-electron chi connectivity index (χ0n) is 22.4. The highest BCUT2D eigenvalue weighted by atomic mass is 19.1. The second-order valence-corrected chi connectivity index (χ2v) is 11.0. The van der Waals surface area contributed by atoms with Crippen molar-refractivity contribution in [1.82, 2.24) is 29.5 Å². The second-order valence-electron chi connectivity index (χ2n) is 11.0. The maximum absolute atomic E-state index is 15.5. The molecule has 10 nitrogen and oxygen atoms in total.